The van der Waals surface area contributed by atoms with Crippen molar-refractivity contribution in [3.63, 3.8) is 0 Å². The lowest BCUT2D eigenvalue weighted by molar-refractivity contribution is -0.0189. The van der Waals surface area contributed by atoms with E-state index in [0.29, 0.717) is 28.8 Å². The Morgan fingerprint density at radius 3 is 2.71 bits per heavy atom. The Labute approximate surface area is 181 Å². The molecule has 3 aromatic rings. The predicted molar refractivity (Wildman–Crippen MR) is 119 cm³/mol. The molecule has 4 heterocycles. The van der Waals surface area contributed by atoms with Gasteiger partial charge in [0.25, 0.3) is 0 Å². The van der Waals surface area contributed by atoms with Gasteiger partial charge in [0.15, 0.2) is 0 Å². The number of methoxy groups -OCH3 is 1. The maximum absolute atomic E-state index is 12.3. The number of hydrogen-bond donors (Lipinski definition) is 2. The van der Waals surface area contributed by atoms with E-state index in [4.69, 9.17) is 20.2 Å². The first-order chi connectivity index (χ1) is 14.7. The minimum absolute atomic E-state index is 0.0454. The fourth-order valence-electron chi connectivity index (χ4n) is 3.77. The summed E-state index contributed by atoms with van der Waals surface area (Å²) in [5.74, 6) is 1.32. The number of esters is 1. The molecule has 1 aliphatic heterocycles. The van der Waals surface area contributed by atoms with Crippen molar-refractivity contribution in [1.82, 2.24) is 15.0 Å². The number of nitrogens with two attached hydrogens (primary N) is 1. The predicted octanol–water partition coefficient (Wildman–Crippen LogP) is 4.24. The highest BCUT2D eigenvalue weighted by Crippen LogP contribution is 2.38. The van der Waals surface area contributed by atoms with Crippen LogP contribution in [0.15, 0.2) is 30.6 Å². The second kappa shape index (κ2) is 7.77. The number of aromatic nitrogens is 3. The molecular weight excluding hydrogens is 394 g/mol. The summed E-state index contributed by atoms with van der Waals surface area (Å²) < 4.78 is 10.9. The van der Waals surface area contributed by atoms with Gasteiger partial charge in [-0.25, -0.2) is 19.7 Å². The van der Waals surface area contributed by atoms with Crippen LogP contribution in [0.2, 0.25) is 0 Å². The third-order valence-electron chi connectivity index (χ3n) is 6.01. The zero-order valence-corrected chi connectivity index (χ0v) is 18.4. The van der Waals surface area contributed by atoms with Crippen molar-refractivity contribution in [3.8, 4) is 5.88 Å². The minimum Gasteiger partial charge on any atom is -0.481 e. The molecule has 0 fully saturated rings. The molecule has 0 unspecified atom stereocenters. The number of anilines is 2. The summed E-state index contributed by atoms with van der Waals surface area (Å²) >= 11 is 0. The van der Waals surface area contributed by atoms with Gasteiger partial charge in [-0.2, -0.15) is 0 Å². The smallest absolute Gasteiger partial charge is 0.340 e. The van der Waals surface area contributed by atoms with Gasteiger partial charge in [0.2, 0.25) is 5.88 Å². The van der Waals surface area contributed by atoms with E-state index >= 15 is 0 Å². The lowest BCUT2D eigenvalue weighted by Crippen LogP contribution is -2.39. The second-order valence-corrected chi connectivity index (χ2v) is 8.32. The molecule has 8 heteroatoms. The van der Waals surface area contributed by atoms with E-state index in [9.17, 15) is 4.79 Å². The van der Waals surface area contributed by atoms with E-state index in [-0.39, 0.29) is 17.9 Å². The van der Waals surface area contributed by atoms with Crippen molar-refractivity contribution < 1.29 is 14.3 Å². The van der Waals surface area contributed by atoms with Crippen LogP contribution in [0.5, 0.6) is 5.88 Å². The Kier molecular flexibility index (Phi) is 5.26. The molecule has 3 N–H and O–H groups in total. The van der Waals surface area contributed by atoms with Gasteiger partial charge >= 0.3 is 5.97 Å². The van der Waals surface area contributed by atoms with Crippen LogP contribution >= 0.6 is 0 Å². The molecule has 2 atom stereocenters. The Bertz CT molecular complexity index is 1160. The number of carbonyl (C=O) groups is 1. The Balaban J connectivity index is 1.74. The molecule has 31 heavy (non-hydrogen) atoms. The molecule has 4 rings (SSSR count). The molecule has 0 amide bonds. The van der Waals surface area contributed by atoms with Crippen molar-refractivity contribution in [2.75, 3.05) is 12.4 Å². The Hall–Kier alpha value is -3.26. The van der Waals surface area contributed by atoms with E-state index < -0.39 is 5.60 Å². The molecule has 0 saturated carbocycles. The zero-order chi connectivity index (χ0) is 22.3. The summed E-state index contributed by atoms with van der Waals surface area (Å²) in [6, 6.07) is 5.27. The van der Waals surface area contributed by atoms with Crippen molar-refractivity contribution in [1.29, 1.82) is 0 Å². The van der Waals surface area contributed by atoms with Crippen LogP contribution in [0, 0.1) is 0 Å². The molecule has 0 bridgehead atoms. The van der Waals surface area contributed by atoms with Gasteiger partial charge in [-0.05, 0) is 49.4 Å². The van der Waals surface area contributed by atoms with E-state index in [1.54, 1.807) is 31.6 Å². The standard InChI is InChI=1S/C23H27N5O3/c1-6-17(24)15-10-26-21(30-5)16-11-25-19(9-14(15)16)27-18-8-7-13-20(28-18)12(2)23(3,4)31-22(13)29/h7-12,17H,6,24H2,1-5H3,(H,25,27,28)/t12-,17-/m1/s1. The summed E-state index contributed by atoms with van der Waals surface area (Å²) in [6.07, 6.45) is 4.26. The van der Waals surface area contributed by atoms with E-state index in [1.807, 2.05) is 33.8 Å². The van der Waals surface area contributed by atoms with Gasteiger partial charge in [0, 0.05) is 24.4 Å². The number of fused-ring (bicyclic) bond motifs is 2. The third kappa shape index (κ3) is 3.67. The fraction of sp³-hybridized carbons (Fsp3) is 0.391. The van der Waals surface area contributed by atoms with Gasteiger partial charge in [-0.1, -0.05) is 13.8 Å². The molecule has 162 valence electrons. The van der Waals surface area contributed by atoms with Gasteiger partial charge in [-0.15, -0.1) is 0 Å². The van der Waals surface area contributed by atoms with Crippen molar-refractivity contribution in [2.45, 2.75) is 51.7 Å². The first kappa shape index (κ1) is 21.0. The zero-order valence-electron chi connectivity index (χ0n) is 18.4. The van der Waals surface area contributed by atoms with Crippen LogP contribution in [-0.2, 0) is 4.74 Å². The first-order valence-corrected chi connectivity index (χ1v) is 10.3. The molecule has 3 aromatic heterocycles. The summed E-state index contributed by atoms with van der Waals surface area (Å²) in [7, 11) is 1.58. The van der Waals surface area contributed by atoms with E-state index in [1.165, 1.54) is 0 Å². The SMILES string of the molecule is CC[C@@H](N)c1cnc(OC)c2cnc(Nc3ccc4c(n3)[C@@H](C)C(C)(C)OC4=O)cc12. The van der Waals surface area contributed by atoms with Crippen LogP contribution < -0.4 is 15.8 Å². The normalized spacial score (nSPS) is 18.3. The number of pyridine rings is 3. The maximum atomic E-state index is 12.3. The highest BCUT2D eigenvalue weighted by atomic mass is 16.6. The fourth-order valence-corrected chi connectivity index (χ4v) is 3.77. The van der Waals surface area contributed by atoms with Crippen LogP contribution in [0.1, 0.15) is 67.7 Å². The Morgan fingerprint density at radius 1 is 1.23 bits per heavy atom. The number of carbonyl (C=O) groups excluding carboxylic acids is 1. The highest BCUT2D eigenvalue weighted by molar-refractivity contribution is 5.93. The topological polar surface area (TPSA) is 112 Å². The first-order valence-electron chi connectivity index (χ1n) is 10.3. The number of nitrogens with zero attached hydrogens (tertiary/aromatic N) is 3. The number of rotatable bonds is 5. The second-order valence-electron chi connectivity index (χ2n) is 8.32. The minimum atomic E-state index is -0.619. The van der Waals surface area contributed by atoms with Gasteiger partial charge in [-0.3, -0.25) is 0 Å². The number of nitrogens with one attached hydrogen (secondary N) is 1. The molecule has 8 nitrogen and oxygen atoms in total. The quantitative estimate of drug-likeness (QED) is 0.588. The largest absolute Gasteiger partial charge is 0.481 e. The van der Waals surface area contributed by atoms with E-state index in [0.717, 1.165) is 22.8 Å². The van der Waals surface area contributed by atoms with Gasteiger partial charge in [0.1, 0.15) is 17.2 Å². The molecule has 1 aliphatic rings. The molecule has 0 radical (unpaired) electrons. The number of ether oxygens (including phenoxy) is 2. The third-order valence-corrected chi connectivity index (χ3v) is 6.01. The summed E-state index contributed by atoms with van der Waals surface area (Å²) in [6.45, 7) is 7.83. The summed E-state index contributed by atoms with van der Waals surface area (Å²) in [5.41, 5.74) is 7.83. The maximum Gasteiger partial charge on any atom is 0.340 e. The molecular formula is C23H27N5O3. The van der Waals surface area contributed by atoms with Crippen LogP contribution in [0.3, 0.4) is 0 Å². The highest BCUT2D eigenvalue weighted by Gasteiger charge is 2.40. The molecule has 0 aliphatic carbocycles. The monoisotopic (exact) mass is 421 g/mol. The Morgan fingerprint density at radius 2 is 2.00 bits per heavy atom. The molecule has 0 aromatic carbocycles. The number of hydrogen-bond acceptors (Lipinski definition) is 8. The van der Waals surface area contributed by atoms with E-state index in [2.05, 4.69) is 15.3 Å². The lowest BCUT2D eigenvalue weighted by Gasteiger charge is -2.36. The lowest BCUT2D eigenvalue weighted by atomic mass is 9.84. The summed E-state index contributed by atoms with van der Waals surface area (Å²) in [4.78, 5) is 25.9. The molecule has 0 saturated heterocycles. The van der Waals surface area contributed by atoms with Crippen molar-refractivity contribution in [2.24, 2.45) is 5.73 Å². The van der Waals surface area contributed by atoms with Crippen LogP contribution in [-0.4, -0.2) is 33.6 Å². The van der Waals surface area contributed by atoms with Gasteiger partial charge < -0.3 is 20.5 Å². The van der Waals surface area contributed by atoms with Gasteiger partial charge in [0.05, 0.1) is 23.8 Å². The molecule has 0 spiro atoms. The van der Waals surface area contributed by atoms with Crippen molar-refractivity contribution >= 4 is 28.4 Å². The average Bonchev–Trinajstić information content (AvgIpc) is 2.75. The number of cyclic esters (lactones) is 1. The van der Waals surface area contributed by atoms with Crippen molar-refractivity contribution in [3.05, 3.63) is 47.4 Å². The summed E-state index contributed by atoms with van der Waals surface area (Å²) in [5, 5.41) is 4.98. The van der Waals surface area contributed by atoms with Crippen LogP contribution in [0.25, 0.3) is 10.8 Å². The average molecular weight is 422 g/mol. The van der Waals surface area contributed by atoms with Crippen LogP contribution in [0.4, 0.5) is 11.6 Å².